The molecule has 0 aliphatic rings. The minimum atomic E-state index is -3.73. The van der Waals surface area contributed by atoms with Crippen molar-refractivity contribution in [2.75, 3.05) is 5.32 Å². The summed E-state index contributed by atoms with van der Waals surface area (Å²) in [6.45, 7) is 0.0701. The summed E-state index contributed by atoms with van der Waals surface area (Å²) in [4.78, 5) is 16.4. The van der Waals surface area contributed by atoms with Crippen LogP contribution in [0.5, 0.6) is 0 Å². The predicted octanol–water partition coefficient (Wildman–Crippen LogP) is 2.68. The van der Waals surface area contributed by atoms with Crippen LogP contribution in [0.1, 0.15) is 21.6 Å². The maximum absolute atomic E-state index is 12.4. The fourth-order valence-electron chi connectivity index (χ4n) is 2.41. The van der Waals surface area contributed by atoms with E-state index < -0.39 is 15.9 Å². The zero-order valence-electron chi connectivity index (χ0n) is 14.7. The largest absolute Gasteiger partial charge is 0.322 e. The van der Waals surface area contributed by atoms with Crippen LogP contribution in [-0.2, 0) is 16.6 Å². The van der Waals surface area contributed by atoms with E-state index in [0.29, 0.717) is 22.5 Å². The normalized spacial score (nSPS) is 10.8. The highest BCUT2D eigenvalue weighted by Gasteiger charge is 2.15. The van der Waals surface area contributed by atoms with Gasteiger partial charge in [-0.1, -0.05) is 12.1 Å². The molecule has 3 aromatic rings. The maximum atomic E-state index is 12.4. The van der Waals surface area contributed by atoms with Crippen LogP contribution in [0, 0.1) is 11.3 Å². The molecule has 0 spiro atoms. The van der Waals surface area contributed by atoms with E-state index in [0.717, 1.165) is 0 Å². The van der Waals surface area contributed by atoms with E-state index in [1.807, 2.05) is 6.07 Å². The summed E-state index contributed by atoms with van der Waals surface area (Å²) >= 11 is 0. The van der Waals surface area contributed by atoms with Crippen molar-refractivity contribution in [2.45, 2.75) is 11.4 Å². The van der Waals surface area contributed by atoms with Crippen molar-refractivity contribution in [2.24, 2.45) is 0 Å². The second-order valence-corrected chi connectivity index (χ2v) is 7.58. The molecule has 0 fully saturated rings. The molecule has 8 heteroatoms. The van der Waals surface area contributed by atoms with Gasteiger partial charge in [0, 0.05) is 17.4 Å². The lowest BCUT2D eigenvalue weighted by atomic mass is 10.2. The number of nitrogens with zero attached hydrogens (tertiary/aromatic N) is 2. The summed E-state index contributed by atoms with van der Waals surface area (Å²) in [5.41, 5.74) is 1.81. The number of hydrogen-bond acceptors (Lipinski definition) is 5. The van der Waals surface area contributed by atoms with Crippen molar-refractivity contribution in [1.82, 2.24) is 9.71 Å². The van der Waals surface area contributed by atoms with Gasteiger partial charge < -0.3 is 5.32 Å². The van der Waals surface area contributed by atoms with Gasteiger partial charge in [0.25, 0.3) is 5.91 Å². The molecule has 0 aliphatic carbocycles. The molecule has 0 saturated heterocycles. The molecule has 0 unspecified atom stereocenters. The SMILES string of the molecule is N#Cc1cccc(NC(=O)c2ccc(S(=O)(=O)NCc3ccccn3)cc2)c1. The first-order chi connectivity index (χ1) is 13.5. The second-order valence-electron chi connectivity index (χ2n) is 5.82. The third-order valence-electron chi connectivity index (χ3n) is 3.85. The minimum absolute atomic E-state index is 0.0476. The number of nitriles is 1. The van der Waals surface area contributed by atoms with Crippen LogP contribution in [-0.4, -0.2) is 19.3 Å². The van der Waals surface area contributed by atoms with Crippen LogP contribution in [0.15, 0.2) is 77.8 Å². The highest BCUT2D eigenvalue weighted by Crippen LogP contribution is 2.14. The molecule has 1 heterocycles. The molecule has 28 heavy (non-hydrogen) atoms. The lowest BCUT2D eigenvalue weighted by Crippen LogP contribution is -2.23. The first kappa shape index (κ1) is 19.2. The Labute approximate surface area is 162 Å². The van der Waals surface area contributed by atoms with Crippen LogP contribution in [0.25, 0.3) is 0 Å². The van der Waals surface area contributed by atoms with Gasteiger partial charge in [-0.25, -0.2) is 13.1 Å². The molecule has 3 rings (SSSR count). The molecule has 1 amide bonds. The number of rotatable bonds is 6. The number of benzene rings is 2. The third-order valence-corrected chi connectivity index (χ3v) is 5.26. The van der Waals surface area contributed by atoms with Crippen molar-refractivity contribution in [3.63, 3.8) is 0 Å². The maximum Gasteiger partial charge on any atom is 0.255 e. The van der Waals surface area contributed by atoms with Gasteiger partial charge in [-0.3, -0.25) is 9.78 Å². The van der Waals surface area contributed by atoms with Crippen molar-refractivity contribution < 1.29 is 13.2 Å². The van der Waals surface area contributed by atoms with Crippen LogP contribution in [0.3, 0.4) is 0 Å². The van der Waals surface area contributed by atoms with Gasteiger partial charge in [-0.15, -0.1) is 0 Å². The van der Waals surface area contributed by atoms with Crippen LogP contribution in [0.4, 0.5) is 5.69 Å². The van der Waals surface area contributed by atoms with Gasteiger partial charge in [0.1, 0.15) is 0 Å². The molecule has 1 aromatic heterocycles. The Hall–Kier alpha value is -3.54. The van der Waals surface area contributed by atoms with Crippen molar-refractivity contribution in [1.29, 1.82) is 5.26 Å². The monoisotopic (exact) mass is 392 g/mol. The summed E-state index contributed by atoms with van der Waals surface area (Å²) in [6, 6.07) is 19.3. The van der Waals surface area contributed by atoms with E-state index in [-0.39, 0.29) is 11.4 Å². The lowest BCUT2D eigenvalue weighted by Gasteiger charge is -2.08. The Bertz CT molecular complexity index is 1120. The summed E-state index contributed by atoms with van der Waals surface area (Å²) in [5, 5.41) is 11.6. The predicted molar refractivity (Wildman–Crippen MR) is 104 cm³/mol. The number of carbonyl (C=O) groups is 1. The average Bonchev–Trinajstić information content (AvgIpc) is 2.73. The highest BCUT2D eigenvalue weighted by molar-refractivity contribution is 7.89. The Morgan fingerprint density at radius 1 is 1.04 bits per heavy atom. The molecule has 0 bridgehead atoms. The van der Waals surface area contributed by atoms with Crippen molar-refractivity contribution >= 4 is 21.6 Å². The number of hydrogen-bond donors (Lipinski definition) is 2. The number of amides is 1. The fraction of sp³-hybridized carbons (Fsp3) is 0.0500. The Morgan fingerprint density at radius 3 is 2.50 bits per heavy atom. The van der Waals surface area contributed by atoms with E-state index in [1.165, 1.54) is 24.3 Å². The summed E-state index contributed by atoms with van der Waals surface area (Å²) in [7, 11) is -3.73. The van der Waals surface area contributed by atoms with Gasteiger partial charge in [0.05, 0.1) is 28.8 Å². The number of nitrogens with one attached hydrogen (secondary N) is 2. The molecule has 0 radical (unpaired) electrons. The lowest BCUT2D eigenvalue weighted by molar-refractivity contribution is 0.102. The molecule has 0 saturated carbocycles. The summed E-state index contributed by atoms with van der Waals surface area (Å²) < 4.78 is 27.2. The molecular formula is C20H16N4O3S. The van der Waals surface area contributed by atoms with Crippen molar-refractivity contribution in [3.8, 4) is 6.07 Å². The first-order valence-electron chi connectivity index (χ1n) is 8.29. The number of aromatic nitrogens is 1. The summed E-state index contributed by atoms with van der Waals surface area (Å²) in [6.07, 6.45) is 1.59. The van der Waals surface area contributed by atoms with E-state index in [2.05, 4.69) is 15.0 Å². The topological polar surface area (TPSA) is 112 Å². The van der Waals surface area contributed by atoms with Crippen LogP contribution >= 0.6 is 0 Å². The number of anilines is 1. The van der Waals surface area contributed by atoms with Crippen LogP contribution < -0.4 is 10.0 Å². The van der Waals surface area contributed by atoms with E-state index >= 15 is 0 Å². The Morgan fingerprint density at radius 2 is 1.82 bits per heavy atom. The summed E-state index contributed by atoms with van der Waals surface area (Å²) in [5.74, 6) is -0.402. The molecule has 2 aromatic carbocycles. The average molecular weight is 392 g/mol. The zero-order valence-corrected chi connectivity index (χ0v) is 15.5. The van der Waals surface area contributed by atoms with Gasteiger partial charge >= 0.3 is 0 Å². The first-order valence-corrected chi connectivity index (χ1v) is 9.77. The minimum Gasteiger partial charge on any atom is -0.322 e. The molecule has 0 atom stereocenters. The van der Waals surface area contributed by atoms with Crippen molar-refractivity contribution in [3.05, 3.63) is 89.7 Å². The van der Waals surface area contributed by atoms with E-state index in [1.54, 1.807) is 48.7 Å². The van der Waals surface area contributed by atoms with E-state index in [4.69, 9.17) is 5.26 Å². The van der Waals surface area contributed by atoms with Gasteiger partial charge in [0.15, 0.2) is 0 Å². The smallest absolute Gasteiger partial charge is 0.255 e. The zero-order chi connectivity index (χ0) is 20.0. The Kier molecular flexibility index (Phi) is 5.79. The second kappa shape index (κ2) is 8.43. The van der Waals surface area contributed by atoms with Gasteiger partial charge in [0.2, 0.25) is 10.0 Å². The standard InChI is InChI=1S/C20H16N4O3S/c21-13-15-4-3-6-17(12-15)24-20(25)16-7-9-19(10-8-16)28(26,27)23-14-18-5-1-2-11-22-18/h1-12,23H,14H2,(H,24,25). The number of pyridine rings is 1. The molecule has 2 N–H and O–H groups in total. The number of carbonyl (C=O) groups excluding carboxylic acids is 1. The van der Waals surface area contributed by atoms with E-state index in [9.17, 15) is 13.2 Å². The Balaban J connectivity index is 1.68. The number of sulfonamides is 1. The third kappa shape index (κ3) is 4.79. The molecule has 7 nitrogen and oxygen atoms in total. The molecule has 140 valence electrons. The molecule has 0 aliphatic heterocycles. The van der Waals surface area contributed by atoms with Gasteiger partial charge in [-0.05, 0) is 54.6 Å². The van der Waals surface area contributed by atoms with Crippen LogP contribution in [0.2, 0.25) is 0 Å². The fourth-order valence-corrected chi connectivity index (χ4v) is 3.41. The molecular weight excluding hydrogens is 376 g/mol. The quantitative estimate of drug-likeness (QED) is 0.670. The van der Waals surface area contributed by atoms with Gasteiger partial charge in [-0.2, -0.15) is 5.26 Å². The highest BCUT2D eigenvalue weighted by atomic mass is 32.2.